The van der Waals surface area contributed by atoms with Gasteiger partial charge in [-0.2, -0.15) is 13.2 Å². The van der Waals surface area contributed by atoms with Crippen molar-refractivity contribution in [3.8, 4) is 0 Å². The molecule has 0 aromatic heterocycles. The van der Waals surface area contributed by atoms with Crippen LogP contribution in [-0.2, 0) is 6.18 Å². The first kappa shape index (κ1) is 14.1. The lowest BCUT2D eigenvalue weighted by Crippen LogP contribution is -2.07. The molecule has 3 N–H and O–H groups in total. The van der Waals surface area contributed by atoms with Crippen molar-refractivity contribution in [3.05, 3.63) is 53.6 Å². The Morgan fingerprint density at radius 2 is 1.60 bits per heavy atom. The molecule has 2 aromatic carbocycles. The molecular formula is C13H9F5N2. The molecule has 2 rings (SSSR count). The molecular weight excluding hydrogens is 279 g/mol. The minimum atomic E-state index is -4.52. The summed E-state index contributed by atoms with van der Waals surface area (Å²) in [5, 5.41) is 2.45. The number of rotatable bonds is 2. The average molecular weight is 288 g/mol. The summed E-state index contributed by atoms with van der Waals surface area (Å²) in [6.07, 6.45) is -4.52. The van der Waals surface area contributed by atoms with E-state index in [4.69, 9.17) is 5.73 Å². The summed E-state index contributed by atoms with van der Waals surface area (Å²) in [7, 11) is 0. The van der Waals surface area contributed by atoms with Gasteiger partial charge in [0.2, 0.25) is 0 Å². The van der Waals surface area contributed by atoms with Crippen LogP contribution in [0.3, 0.4) is 0 Å². The Morgan fingerprint density at radius 1 is 0.900 bits per heavy atom. The standard InChI is InChI=1S/C13H9F5N2/c14-8-2-3-9(15)12(6-8)20-11-4-1-7(5-10(11)19)13(16,17)18/h1-6,20H,19H2. The van der Waals surface area contributed by atoms with E-state index in [1.807, 2.05) is 0 Å². The van der Waals surface area contributed by atoms with Gasteiger partial charge in [-0.15, -0.1) is 0 Å². The van der Waals surface area contributed by atoms with E-state index < -0.39 is 23.4 Å². The molecule has 7 heteroatoms. The molecule has 0 atom stereocenters. The Hall–Kier alpha value is -2.31. The molecule has 0 saturated heterocycles. The second-order valence-electron chi connectivity index (χ2n) is 4.05. The van der Waals surface area contributed by atoms with Crippen molar-refractivity contribution < 1.29 is 22.0 Å². The van der Waals surface area contributed by atoms with Gasteiger partial charge in [0.05, 0.1) is 22.6 Å². The lowest BCUT2D eigenvalue weighted by atomic mass is 10.1. The maximum absolute atomic E-state index is 13.4. The fraction of sp³-hybridized carbons (Fsp3) is 0.0769. The number of hydrogen-bond donors (Lipinski definition) is 2. The smallest absolute Gasteiger partial charge is 0.397 e. The molecule has 0 spiro atoms. The second kappa shape index (κ2) is 4.99. The second-order valence-corrected chi connectivity index (χ2v) is 4.05. The number of anilines is 3. The van der Waals surface area contributed by atoms with Crippen LogP contribution < -0.4 is 11.1 Å². The Bertz CT molecular complexity index is 637. The van der Waals surface area contributed by atoms with E-state index in [1.165, 1.54) is 0 Å². The zero-order chi connectivity index (χ0) is 14.9. The van der Waals surface area contributed by atoms with Gasteiger partial charge >= 0.3 is 6.18 Å². The van der Waals surface area contributed by atoms with Gasteiger partial charge in [0, 0.05) is 6.07 Å². The average Bonchev–Trinajstić information content (AvgIpc) is 2.35. The van der Waals surface area contributed by atoms with Crippen molar-refractivity contribution in [2.45, 2.75) is 6.18 Å². The lowest BCUT2D eigenvalue weighted by Gasteiger charge is -2.13. The van der Waals surface area contributed by atoms with Gasteiger partial charge in [-0.25, -0.2) is 8.78 Å². The number of nitrogens with one attached hydrogen (secondary N) is 1. The number of halogens is 5. The van der Waals surface area contributed by atoms with E-state index in [0.29, 0.717) is 0 Å². The van der Waals surface area contributed by atoms with Crippen LogP contribution in [0.5, 0.6) is 0 Å². The normalized spacial score (nSPS) is 11.4. The maximum atomic E-state index is 13.4. The van der Waals surface area contributed by atoms with Gasteiger partial charge < -0.3 is 11.1 Å². The van der Waals surface area contributed by atoms with Crippen LogP contribution in [-0.4, -0.2) is 0 Å². The summed E-state index contributed by atoms with van der Waals surface area (Å²) >= 11 is 0. The third-order valence-corrected chi connectivity index (χ3v) is 2.58. The summed E-state index contributed by atoms with van der Waals surface area (Å²) < 4.78 is 63.8. The van der Waals surface area contributed by atoms with Crippen LogP contribution in [0.25, 0.3) is 0 Å². The zero-order valence-electron chi connectivity index (χ0n) is 9.93. The van der Waals surface area contributed by atoms with Crippen molar-refractivity contribution in [2.75, 3.05) is 11.1 Å². The molecule has 0 radical (unpaired) electrons. The summed E-state index contributed by atoms with van der Waals surface area (Å²) in [6.45, 7) is 0. The predicted molar refractivity (Wildman–Crippen MR) is 65.5 cm³/mol. The molecule has 0 fully saturated rings. The van der Waals surface area contributed by atoms with Gasteiger partial charge in [-0.1, -0.05) is 0 Å². The Labute approximate surface area is 111 Å². The van der Waals surface area contributed by atoms with Crippen LogP contribution in [0.15, 0.2) is 36.4 Å². The molecule has 106 valence electrons. The first-order valence-corrected chi connectivity index (χ1v) is 5.46. The van der Waals surface area contributed by atoms with Crippen molar-refractivity contribution >= 4 is 17.1 Å². The molecule has 0 aliphatic heterocycles. The summed E-state index contributed by atoms with van der Waals surface area (Å²) in [5.41, 5.74) is 4.19. The highest BCUT2D eigenvalue weighted by Crippen LogP contribution is 2.34. The van der Waals surface area contributed by atoms with E-state index >= 15 is 0 Å². The van der Waals surface area contributed by atoms with Crippen LogP contribution in [0.2, 0.25) is 0 Å². The predicted octanol–water partition coefficient (Wildman–Crippen LogP) is 4.31. The molecule has 0 aliphatic carbocycles. The van der Waals surface area contributed by atoms with E-state index in [1.54, 1.807) is 0 Å². The minimum absolute atomic E-state index is 0.0579. The SMILES string of the molecule is Nc1cc(C(F)(F)F)ccc1Nc1cc(F)ccc1F. The lowest BCUT2D eigenvalue weighted by molar-refractivity contribution is -0.137. The Morgan fingerprint density at radius 3 is 2.20 bits per heavy atom. The van der Waals surface area contributed by atoms with E-state index in [2.05, 4.69) is 5.32 Å². The van der Waals surface area contributed by atoms with Crippen molar-refractivity contribution in [3.63, 3.8) is 0 Å². The third kappa shape index (κ3) is 2.98. The molecule has 2 aromatic rings. The first-order valence-electron chi connectivity index (χ1n) is 5.46. The monoisotopic (exact) mass is 288 g/mol. The highest BCUT2D eigenvalue weighted by molar-refractivity contribution is 5.73. The Balaban J connectivity index is 2.33. The molecule has 0 heterocycles. The van der Waals surface area contributed by atoms with E-state index in [9.17, 15) is 22.0 Å². The van der Waals surface area contributed by atoms with Crippen molar-refractivity contribution in [2.24, 2.45) is 0 Å². The highest BCUT2D eigenvalue weighted by atomic mass is 19.4. The van der Waals surface area contributed by atoms with Gasteiger partial charge in [0.25, 0.3) is 0 Å². The maximum Gasteiger partial charge on any atom is 0.416 e. The topological polar surface area (TPSA) is 38.0 Å². The summed E-state index contributed by atoms with van der Waals surface area (Å²) in [6, 6.07) is 5.29. The van der Waals surface area contributed by atoms with Gasteiger partial charge in [0.15, 0.2) is 0 Å². The van der Waals surface area contributed by atoms with E-state index in [-0.39, 0.29) is 17.1 Å². The first-order chi connectivity index (χ1) is 9.27. The van der Waals surface area contributed by atoms with Gasteiger partial charge in [-0.05, 0) is 30.3 Å². The molecule has 0 aliphatic rings. The summed E-state index contributed by atoms with van der Waals surface area (Å²) in [4.78, 5) is 0. The fourth-order valence-electron chi connectivity index (χ4n) is 1.59. The van der Waals surface area contributed by atoms with Gasteiger partial charge in [0.1, 0.15) is 11.6 Å². The van der Waals surface area contributed by atoms with E-state index in [0.717, 1.165) is 36.4 Å². The van der Waals surface area contributed by atoms with Crippen molar-refractivity contribution in [1.29, 1.82) is 0 Å². The molecule has 20 heavy (non-hydrogen) atoms. The molecule has 0 bridgehead atoms. The molecule has 2 nitrogen and oxygen atoms in total. The van der Waals surface area contributed by atoms with Gasteiger partial charge in [-0.3, -0.25) is 0 Å². The Kier molecular flexibility index (Phi) is 3.52. The van der Waals surface area contributed by atoms with Crippen LogP contribution in [0.4, 0.5) is 39.0 Å². The highest BCUT2D eigenvalue weighted by Gasteiger charge is 2.30. The van der Waals surface area contributed by atoms with Crippen LogP contribution >= 0.6 is 0 Å². The minimum Gasteiger partial charge on any atom is -0.397 e. The number of hydrogen-bond acceptors (Lipinski definition) is 2. The van der Waals surface area contributed by atoms with Crippen LogP contribution in [0.1, 0.15) is 5.56 Å². The fourth-order valence-corrected chi connectivity index (χ4v) is 1.59. The molecule has 0 unspecified atom stereocenters. The van der Waals surface area contributed by atoms with Crippen LogP contribution in [0, 0.1) is 11.6 Å². The third-order valence-electron chi connectivity index (χ3n) is 2.58. The quantitative estimate of drug-likeness (QED) is 0.638. The molecule has 0 amide bonds. The summed E-state index contributed by atoms with van der Waals surface area (Å²) in [5.74, 6) is -1.43. The number of alkyl halides is 3. The molecule has 0 saturated carbocycles. The number of nitrogens with two attached hydrogens (primary N) is 1. The zero-order valence-corrected chi connectivity index (χ0v) is 9.93. The number of benzene rings is 2. The largest absolute Gasteiger partial charge is 0.416 e. The number of nitrogen functional groups attached to an aromatic ring is 1. The van der Waals surface area contributed by atoms with Crippen molar-refractivity contribution in [1.82, 2.24) is 0 Å².